The van der Waals surface area contributed by atoms with Gasteiger partial charge in [0.15, 0.2) is 17.6 Å². The van der Waals surface area contributed by atoms with Crippen LogP contribution in [0.3, 0.4) is 0 Å². The molecule has 0 bridgehead atoms. The van der Waals surface area contributed by atoms with Gasteiger partial charge in [-0.25, -0.2) is 14.5 Å². The fourth-order valence-electron chi connectivity index (χ4n) is 2.82. The van der Waals surface area contributed by atoms with E-state index in [0.717, 1.165) is 4.90 Å². The molecule has 1 saturated heterocycles. The van der Waals surface area contributed by atoms with E-state index in [1.165, 1.54) is 44.4 Å². The van der Waals surface area contributed by atoms with Crippen molar-refractivity contribution in [2.24, 2.45) is 0 Å². The molecular formula is C21H17ClN2O7. The molecule has 10 heteroatoms. The number of amides is 4. The number of nitrogens with zero attached hydrogens (tertiary/aromatic N) is 1. The number of ether oxygens (including phenoxy) is 2. The number of aliphatic carboxylic acids is 1. The highest BCUT2D eigenvalue weighted by molar-refractivity contribution is 6.39. The summed E-state index contributed by atoms with van der Waals surface area (Å²) in [5.41, 5.74) is 0.0296. The molecule has 31 heavy (non-hydrogen) atoms. The van der Waals surface area contributed by atoms with Crippen LogP contribution in [-0.4, -0.2) is 42.1 Å². The van der Waals surface area contributed by atoms with Crippen LogP contribution >= 0.6 is 11.6 Å². The Morgan fingerprint density at radius 2 is 1.90 bits per heavy atom. The highest BCUT2D eigenvalue weighted by Gasteiger charge is 2.37. The summed E-state index contributed by atoms with van der Waals surface area (Å²) in [4.78, 5) is 49.7. The van der Waals surface area contributed by atoms with Gasteiger partial charge in [0.1, 0.15) is 5.57 Å². The largest absolute Gasteiger partial charge is 0.493 e. The van der Waals surface area contributed by atoms with Crippen molar-refractivity contribution in [2.75, 3.05) is 12.0 Å². The van der Waals surface area contributed by atoms with E-state index in [2.05, 4.69) is 5.32 Å². The molecule has 9 nitrogen and oxygen atoms in total. The number of barbiturate groups is 1. The van der Waals surface area contributed by atoms with Crippen LogP contribution in [-0.2, 0) is 14.4 Å². The SMILES string of the molecule is COc1cccc(/C=C2\C(=O)NC(=O)N(c3cccc(Cl)c3)C2=O)c1O[C@H](C)C(=O)O. The maximum Gasteiger partial charge on any atom is 0.344 e. The molecule has 3 rings (SSSR count). The third-order valence-corrected chi connectivity index (χ3v) is 4.57. The van der Waals surface area contributed by atoms with Crippen molar-refractivity contribution in [3.8, 4) is 11.5 Å². The Morgan fingerprint density at radius 1 is 1.19 bits per heavy atom. The number of rotatable bonds is 6. The van der Waals surface area contributed by atoms with E-state index >= 15 is 0 Å². The molecule has 0 aromatic heterocycles. The molecule has 1 aliphatic heterocycles. The number of carbonyl (C=O) groups is 4. The average molecular weight is 445 g/mol. The van der Waals surface area contributed by atoms with Gasteiger partial charge in [-0.2, -0.15) is 0 Å². The van der Waals surface area contributed by atoms with E-state index in [-0.39, 0.29) is 28.3 Å². The number of benzene rings is 2. The number of carboxylic acids is 1. The van der Waals surface area contributed by atoms with Crippen molar-refractivity contribution in [1.29, 1.82) is 0 Å². The number of hydrogen-bond acceptors (Lipinski definition) is 6. The Bertz CT molecular complexity index is 1110. The Balaban J connectivity index is 2.08. The summed E-state index contributed by atoms with van der Waals surface area (Å²) in [6.07, 6.45) is -0.0254. The topological polar surface area (TPSA) is 122 Å². The van der Waals surface area contributed by atoms with Crippen molar-refractivity contribution in [3.05, 3.63) is 58.6 Å². The predicted molar refractivity (Wildman–Crippen MR) is 111 cm³/mol. The summed E-state index contributed by atoms with van der Waals surface area (Å²) in [7, 11) is 1.36. The second-order valence-corrected chi connectivity index (χ2v) is 6.85. The molecule has 0 aliphatic carbocycles. The summed E-state index contributed by atoms with van der Waals surface area (Å²) in [6.45, 7) is 1.32. The van der Waals surface area contributed by atoms with E-state index < -0.39 is 29.9 Å². The summed E-state index contributed by atoms with van der Waals surface area (Å²) in [5, 5.41) is 11.6. The molecule has 1 fully saturated rings. The third kappa shape index (κ3) is 4.51. The van der Waals surface area contributed by atoms with Crippen molar-refractivity contribution in [3.63, 3.8) is 0 Å². The minimum atomic E-state index is -1.23. The monoisotopic (exact) mass is 444 g/mol. The summed E-state index contributed by atoms with van der Waals surface area (Å²) in [5.74, 6) is -2.77. The Kier molecular flexibility index (Phi) is 6.26. The van der Waals surface area contributed by atoms with Crippen LogP contribution in [0.25, 0.3) is 6.08 Å². The second-order valence-electron chi connectivity index (χ2n) is 6.41. The van der Waals surface area contributed by atoms with Gasteiger partial charge < -0.3 is 14.6 Å². The van der Waals surface area contributed by atoms with Gasteiger partial charge in [-0.3, -0.25) is 14.9 Å². The molecule has 2 N–H and O–H groups in total. The molecule has 0 spiro atoms. The zero-order valence-electron chi connectivity index (χ0n) is 16.4. The molecule has 4 amide bonds. The summed E-state index contributed by atoms with van der Waals surface area (Å²) >= 11 is 5.95. The average Bonchev–Trinajstić information content (AvgIpc) is 2.71. The maximum atomic E-state index is 13.0. The molecule has 0 saturated carbocycles. The number of hydrogen-bond donors (Lipinski definition) is 2. The number of anilines is 1. The lowest BCUT2D eigenvalue weighted by Crippen LogP contribution is -2.54. The number of methoxy groups -OCH3 is 1. The number of nitrogens with one attached hydrogen (secondary N) is 1. The van der Waals surface area contributed by atoms with E-state index in [0.29, 0.717) is 5.02 Å². The molecule has 1 atom stereocenters. The zero-order chi connectivity index (χ0) is 22.7. The molecule has 160 valence electrons. The number of carbonyl (C=O) groups excluding carboxylic acids is 3. The number of carboxylic acid groups (broad SMARTS) is 1. The van der Waals surface area contributed by atoms with Crippen LogP contribution in [0.15, 0.2) is 48.0 Å². The Morgan fingerprint density at radius 3 is 2.55 bits per heavy atom. The standard InChI is InChI=1S/C21H17ClN2O7/c1-11(20(27)28)31-17-12(5-3-8-16(17)30-2)9-15-18(25)23-21(29)24(19(15)26)14-7-4-6-13(22)10-14/h3-11H,1-2H3,(H,27,28)(H,23,25,29)/b15-9+/t11-/m1/s1. The fourth-order valence-corrected chi connectivity index (χ4v) is 3.01. The first-order chi connectivity index (χ1) is 14.7. The Labute approximate surface area is 181 Å². The first-order valence-electron chi connectivity index (χ1n) is 8.96. The van der Waals surface area contributed by atoms with E-state index in [9.17, 15) is 19.2 Å². The van der Waals surface area contributed by atoms with Crippen LogP contribution in [0.2, 0.25) is 5.02 Å². The minimum absolute atomic E-state index is 0.0270. The number of imide groups is 2. The molecule has 0 unspecified atom stereocenters. The molecule has 1 aliphatic rings. The van der Waals surface area contributed by atoms with Crippen molar-refractivity contribution in [2.45, 2.75) is 13.0 Å². The van der Waals surface area contributed by atoms with Crippen LogP contribution in [0.4, 0.5) is 10.5 Å². The Hall–Kier alpha value is -3.85. The van der Waals surface area contributed by atoms with Crippen LogP contribution in [0.5, 0.6) is 11.5 Å². The third-order valence-electron chi connectivity index (χ3n) is 4.34. The maximum absolute atomic E-state index is 13.0. The molecule has 2 aromatic carbocycles. The van der Waals surface area contributed by atoms with Gasteiger partial charge in [0.25, 0.3) is 11.8 Å². The van der Waals surface area contributed by atoms with Crippen molar-refractivity contribution >= 4 is 47.2 Å². The van der Waals surface area contributed by atoms with Gasteiger partial charge in [-0.1, -0.05) is 29.8 Å². The quantitative estimate of drug-likeness (QED) is 0.518. The van der Waals surface area contributed by atoms with Gasteiger partial charge in [0.2, 0.25) is 0 Å². The molecule has 0 radical (unpaired) electrons. The lowest BCUT2D eigenvalue weighted by molar-refractivity contribution is -0.144. The van der Waals surface area contributed by atoms with Crippen LogP contribution < -0.4 is 19.7 Å². The molecule has 2 aromatic rings. The first-order valence-corrected chi connectivity index (χ1v) is 9.34. The number of halogens is 1. The zero-order valence-corrected chi connectivity index (χ0v) is 17.2. The number of para-hydroxylation sites is 1. The highest BCUT2D eigenvalue weighted by Crippen LogP contribution is 2.34. The first kappa shape index (κ1) is 21.8. The minimum Gasteiger partial charge on any atom is -0.493 e. The van der Waals surface area contributed by atoms with E-state index in [4.69, 9.17) is 26.2 Å². The van der Waals surface area contributed by atoms with E-state index in [1.807, 2.05) is 0 Å². The van der Waals surface area contributed by atoms with Crippen LogP contribution in [0, 0.1) is 0 Å². The lowest BCUT2D eigenvalue weighted by atomic mass is 10.1. The second kappa shape index (κ2) is 8.88. The predicted octanol–water partition coefficient (Wildman–Crippen LogP) is 2.87. The van der Waals surface area contributed by atoms with Gasteiger partial charge in [-0.05, 0) is 37.3 Å². The lowest BCUT2D eigenvalue weighted by Gasteiger charge is -2.26. The van der Waals surface area contributed by atoms with Gasteiger partial charge in [0.05, 0.1) is 12.8 Å². The summed E-state index contributed by atoms with van der Waals surface area (Å²) < 4.78 is 10.7. The smallest absolute Gasteiger partial charge is 0.344 e. The van der Waals surface area contributed by atoms with Gasteiger partial charge in [-0.15, -0.1) is 0 Å². The van der Waals surface area contributed by atoms with Crippen molar-refractivity contribution in [1.82, 2.24) is 5.32 Å². The summed E-state index contributed by atoms with van der Waals surface area (Å²) in [6, 6.07) is 9.73. The molecule has 1 heterocycles. The normalized spacial score (nSPS) is 16.2. The number of urea groups is 1. The fraction of sp³-hybridized carbons (Fsp3) is 0.143. The van der Waals surface area contributed by atoms with Gasteiger partial charge >= 0.3 is 12.0 Å². The molecular weight excluding hydrogens is 428 g/mol. The van der Waals surface area contributed by atoms with Crippen molar-refractivity contribution < 1.29 is 33.8 Å². The van der Waals surface area contributed by atoms with Gasteiger partial charge in [0, 0.05) is 10.6 Å². The van der Waals surface area contributed by atoms with Crippen LogP contribution in [0.1, 0.15) is 12.5 Å². The highest BCUT2D eigenvalue weighted by atomic mass is 35.5. The van der Waals surface area contributed by atoms with E-state index in [1.54, 1.807) is 18.2 Å².